The molecule has 2 aromatic rings. The van der Waals surface area contributed by atoms with Crippen LogP contribution in [0.3, 0.4) is 0 Å². The fourth-order valence-corrected chi connectivity index (χ4v) is 1.12. The van der Waals surface area contributed by atoms with Crippen molar-refractivity contribution in [3.8, 4) is 0 Å². The van der Waals surface area contributed by atoms with Gasteiger partial charge in [-0.25, -0.2) is 4.39 Å². The molecular formula is C8H8FN3. The molecular weight excluding hydrogens is 157 g/mol. The smallest absolute Gasteiger partial charge is 0.161 e. The second kappa shape index (κ2) is 2.27. The Hall–Kier alpha value is -1.45. The maximum Gasteiger partial charge on any atom is 0.161 e. The predicted molar refractivity (Wildman–Crippen MR) is 42.4 cm³/mol. The van der Waals surface area contributed by atoms with Gasteiger partial charge in [-0.1, -0.05) is 0 Å². The van der Waals surface area contributed by atoms with Crippen molar-refractivity contribution in [2.24, 2.45) is 0 Å². The van der Waals surface area contributed by atoms with Crippen LogP contribution in [0.25, 0.3) is 5.65 Å². The first-order valence-electron chi connectivity index (χ1n) is 3.66. The summed E-state index contributed by atoms with van der Waals surface area (Å²) >= 11 is 0. The summed E-state index contributed by atoms with van der Waals surface area (Å²) in [6, 6.07) is 1.68. The average Bonchev–Trinajstić information content (AvgIpc) is 2.35. The van der Waals surface area contributed by atoms with Crippen LogP contribution in [-0.2, 0) is 0 Å². The quantitative estimate of drug-likeness (QED) is 0.592. The van der Waals surface area contributed by atoms with Crippen molar-refractivity contribution >= 4 is 5.65 Å². The lowest BCUT2D eigenvalue weighted by atomic mass is 10.3. The van der Waals surface area contributed by atoms with E-state index in [1.807, 2.05) is 0 Å². The van der Waals surface area contributed by atoms with Crippen LogP contribution in [-0.4, -0.2) is 14.6 Å². The molecule has 0 spiro atoms. The summed E-state index contributed by atoms with van der Waals surface area (Å²) in [5.41, 5.74) is 1.28. The number of aromatic nitrogens is 3. The van der Waals surface area contributed by atoms with Crippen molar-refractivity contribution < 1.29 is 4.39 Å². The molecule has 2 aromatic heterocycles. The third-order valence-electron chi connectivity index (χ3n) is 1.86. The molecule has 0 saturated heterocycles. The van der Waals surface area contributed by atoms with Crippen LogP contribution in [0.5, 0.6) is 0 Å². The Morgan fingerprint density at radius 3 is 2.83 bits per heavy atom. The van der Waals surface area contributed by atoms with Crippen molar-refractivity contribution in [1.29, 1.82) is 0 Å². The standard InChI is InChI=1S/C8H8FN3/c1-5-3-8-11-10-6(2)12(8)4-7(5)9/h3-4H,1-2H3. The summed E-state index contributed by atoms with van der Waals surface area (Å²) in [5, 5.41) is 7.69. The molecule has 0 N–H and O–H groups in total. The molecule has 2 heterocycles. The topological polar surface area (TPSA) is 30.2 Å². The molecule has 0 aliphatic rings. The van der Waals surface area contributed by atoms with Crippen molar-refractivity contribution in [3.05, 3.63) is 29.5 Å². The van der Waals surface area contributed by atoms with Crippen molar-refractivity contribution in [2.45, 2.75) is 13.8 Å². The molecule has 0 unspecified atom stereocenters. The maximum absolute atomic E-state index is 13.0. The van der Waals surface area contributed by atoms with Crippen LogP contribution in [0.1, 0.15) is 11.4 Å². The first-order valence-corrected chi connectivity index (χ1v) is 3.66. The predicted octanol–water partition coefficient (Wildman–Crippen LogP) is 1.49. The molecule has 12 heavy (non-hydrogen) atoms. The van der Waals surface area contributed by atoms with Gasteiger partial charge in [0, 0.05) is 6.20 Å². The Kier molecular flexibility index (Phi) is 1.36. The van der Waals surface area contributed by atoms with Crippen LogP contribution >= 0.6 is 0 Å². The van der Waals surface area contributed by atoms with E-state index >= 15 is 0 Å². The molecule has 0 bridgehead atoms. The van der Waals surface area contributed by atoms with Crippen LogP contribution in [0.2, 0.25) is 0 Å². The first-order chi connectivity index (χ1) is 5.68. The number of hydrogen-bond donors (Lipinski definition) is 0. The van der Waals surface area contributed by atoms with E-state index in [9.17, 15) is 4.39 Å². The van der Waals surface area contributed by atoms with Crippen LogP contribution in [0, 0.1) is 19.7 Å². The first kappa shape index (κ1) is 7.21. The van der Waals surface area contributed by atoms with Gasteiger partial charge in [-0.2, -0.15) is 0 Å². The number of hydrogen-bond acceptors (Lipinski definition) is 2. The molecule has 0 saturated carbocycles. The van der Waals surface area contributed by atoms with Gasteiger partial charge < -0.3 is 0 Å². The number of halogens is 1. The molecule has 0 fully saturated rings. The molecule has 62 valence electrons. The van der Waals surface area contributed by atoms with Crippen molar-refractivity contribution in [2.75, 3.05) is 0 Å². The fourth-order valence-electron chi connectivity index (χ4n) is 1.12. The second-order valence-corrected chi connectivity index (χ2v) is 2.78. The van der Waals surface area contributed by atoms with Gasteiger partial charge in [-0.3, -0.25) is 4.40 Å². The lowest BCUT2D eigenvalue weighted by Crippen LogP contribution is -1.92. The minimum absolute atomic E-state index is 0.231. The van der Waals surface area contributed by atoms with Gasteiger partial charge >= 0.3 is 0 Å². The van der Waals surface area contributed by atoms with Gasteiger partial charge in [0.1, 0.15) is 11.6 Å². The molecule has 0 aliphatic heterocycles. The number of aryl methyl sites for hydroxylation is 2. The molecule has 3 nitrogen and oxygen atoms in total. The highest BCUT2D eigenvalue weighted by atomic mass is 19.1. The molecule has 0 aromatic carbocycles. The minimum Gasteiger partial charge on any atom is -0.284 e. The lowest BCUT2D eigenvalue weighted by Gasteiger charge is -1.97. The Balaban J connectivity index is 2.87. The van der Waals surface area contributed by atoms with Gasteiger partial charge in [0.15, 0.2) is 5.65 Å². The molecule has 4 heteroatoms. The zero-order valence-corrected chi connectivity index (χ0v) is 6.87. The van der Waals surface area contributed by atoms with E-state index in [1.165, 1.54) is 6.20 Å². The summed E-state index contributed by atoms with van der Waals surface area (Å²) in [6.07, 6.45) is 1.40. The molecule has 0 amide bonds. The Morgan fingerprint density at radius 2 is 2.08 bits per heavy atom. The van der Waals surface area contributed by atoms with E-state index in [1.54, 1.807) is 24.3 Å². The van der Waals surface area contributed by atoms with Crippen molar-refractivity contribution in [3.63, 3.8) is 0 Å². The zero-order valence-electron chi connectivity index (χ0n) is 6.87. The largest absolute Gasteiger partial charge is 0.284 e. The van der Waals surface area contributed by atoms with Gasteiger partial charge in [0.25, 0.3) is 0 Å². The van der Waals surface area contributed by atoms with Crippen LogP contribution < -0.4 is 0 Å². The third kappa shape index (κ3) is 0.879. The normalized spacial score (nSPS) is 10.9. The van der Waals surface area contributed by atoms with E-state index in [0.29, 0.717) is 17.0 Å². The summed E-state index contributed by atoms with van der Waals surface area (Å²) in [5.74, 6) is 0.467. The Labute approximate surface area is 68.9 Å². The highest BCUT2D eigenvalue weighted by Gasteiger charge is 2.03. The van der Waals surface area contributed by atoms with Gasteiger partial charge in [-0.05, 0) is 25.5 Å². The monoisotopic (exact) mass is 165 g/mol. The zero-order chi connectivity index (χ0) is 8.72. The van der Waals surface area contributed by atoms with Crippen molar-refractivity contribution in [1.82, 2.24) is 14.6 Å². The second-order valence-electron chi connectivity index (χ2n) is 2.78. The van der Waals surface area contributed by atoms with E-state index in [0.717, 1.165) is 0 Å². The summed E-state index contributed by atoms with van der Waals surface area (Å²) < 4.78 is 14.7. The minimum atomic E-state index is -0.231. The number of pyridine rings is 1. The highest BCUT2D eigenvalue weighted by Crippen LogP contribution is 2.09. The number of fused-ring (bicyclic) bond motifs is 1. The van der Waals surface area contributed by atoms with E-state index in [4.69, 9.17) is 0 Å². The summed E-state index contributed by atoms with van der Waals surface area (Å²) in [7, 11) is 0. The molecule has 2 rings (SSSR count). The SMILES string of the molecule is Cc1cc2nnc(C)n2cc1F. The third-order valence-corrected chi connectivity index (χ3v) is 1.86. The number of nitrogens with zero attached hydrogens (tertiary/aromatic N) is 3. The van der Waals surface area contributed by atoms with E-state index in [2.05, 4.69) is 10.2 Å². The fraction of sp³-hybridized carbons (Fsp3) is 0.250. The Morgan fingerprint density at radius 1 is 1.33 bits per heavy atom. The molecule has 0 aliphatic carbocycles. The lowest BCUT2D eigenvalue weighted by molar-refractivity contribution is 0.609. The van der Waals surface area contributed by atoms with Gasteiger partial charge in [-0.15, -0.1) is 10.2 Å². The molecule has 0 atom stereocenters. The Bertz CT molecular complexity index is 433. The average molecular weight is 165 g/mol. The van der Waals surface area contributed by atoms with E-state index < -0.39 is 0 Å². The molecule has 0 radical (unpaired) electrons. The summed E-state index contributed by atoms with van der Waals surface area (Å²) in [4.78, 5) is 0. The van der Waals surface area contributed by atoms with Gasteiger partial charge in [0.05, 0.1) is 0 Å². The van der Waals surface area contributed by atoms with Crippen LogP contribution in [0.15, 0.2) is 12.3 Å². The van der Waals surface area contributed by atoms with Gasteiger partial charge in [0.2, 0.25) is 0 Å². The summed E-state index contributed by atoms with van der Waals surface area (Å²) in [6.45, 7) is 3.49. The van der Waals surface area contributed by atoms with E-state index in [-0.39, 0.29) is 5.82 Å². The van der Waals surface area contributed by atoms with Crippen LogP contribution in [0.4, 0.5) is 4.39 Å². The maximum atomic E-state index is 13.0. The highest BCUT2D eigenvalue weighted by molar-refractivity contribution is 5.41. The number of rotatable bonds is 0.